The number of anilines is 1. The molecule has 0 aliphatic rings. The molecule has 1 atom stereocenters. The summed E-state index contributed by atoms with van der Waals surface area (Å²) in [5.74, 6) is -0.724. The number of hydrogen-bond acceptors (Lipinski definition) is 3. The minimum atomic E-state index is -3.99. The van der Waals surface area contributed by atoms with E-state index in [2.05, 4.69) is 5.32 Å². The summed E-state index contributed by atoms with van der Waals surface area (Å²) < 4.78 is 30.7. The Morgan fingerprint density at radius 1 is 1.12 bits per heavy atom. The van der Waals surface area contributed by atoms with Crippen LogP contribution in [-0.4, -0.2) is 24.6 Å². The first-order valence-corrected chi connectivity index (χ1v) is 10.1. The second-order valence-corrected chi connectivity index (χ2v) is 7.81. The van der Waals surface area contributed by atoms with Gasteiger partial charge in [-0.25, -0.2) is 0 Å². The lowest BCUT2D eigenvalue weighted by Crippen LogP contribution is -2.09. The molecule has 0 aliphatic carbocycles. The molecule has 1 unspecified atom stereocenters. The number of amides is 1. The number of hydrogen-bond donors (Lipinski definition) is 2. The molecular weight excluding hydrogens is 374 g/mol. The van der Waals surface area contributed by atoms with Gasteiger partial charge in [0, 0.05) is 16.6 Å². The zero-order chi connectivity index (χ0) is 19.0. The Hall–Kier alpha value is -2.15. The lowest BCUT2D eigenvalue weighted by atomic mass is 9.94. The molecule has 0 radical (unpaired) electrons. The molecule has 0 saturated carbocycles. The van der Waals surface area contributed by atoms with Crippen LogP contribution >= 0.6 is 11.6 Å². The number of allylic oxidation sites excluding steroid dienone is 1. The van der Waals surface area contributed by atoms with Crippen molar-refractivity contribution in [3.05, 3.63) is 77.3 Å². The summed E-state index contributed by atoms with van der Waals surface area (Å²) >= 11 is 5.81. The van der Waals surface area contributed by atoms with Gasteiger partial charge in [0.05, 0.1) is 5.75 Å². The van der Waals surface area contributed by atoms with E-state index in [0.717, 1.165) is 5.56 Å². The Balaban J connectivity index is 2.03. The monoisotopic (exact) mass is 393 g/mol. The van der Waals surface area contributed by atoms with Crippen LogP contribution in [0.2, 0.25) is 5.02 Å². The number of nitrogens with one attached hydrogen (secondary N) is 1. The van der Waals surface area contributed by atoms with Crippen LogP contribution in [0.5, 0.6) is 0 Å². The van der Waals surface area contributed by atoms with Crippen LogP contribution in [0.4, 0.5) is 5.69 Å². The molecule has 0 aliphatic heterocycles. The zero-order valence-corrected chi connectivity index (χ0v) is 15.6. The average Bonchev–Trinajstić information content (AvgIpc) is 2.60. The van der Waals surface area contributed by atoms with Crippen molar-refractivity contribution in [1.82, 2.24) is 0 Å². The van der Waals surface area contributed by atoms with Gasteiger partial charge in [-0.3, -0.25) is 9.35 Å². The molecule has 0 aromatic heterocycles. The van der Waals surface area contributed by atoms with Crippen LogP contribution in [-0.2, 0) is 14.9 Å². The van der Waals surface area contributed by atoms with E-state index in [0.29, 0.717) is 23.6 Å². The summed E-state index contributed by atoms with van der Waals surface area (Å²) in [6.45, 7) is 0. The maximum absolute atomic E-state index is 12.1. The van der Waals surface area contributed by atoms with E-state index in [4.69, 9.17) is 16.2 Å². The van der Waals surface area contributed by atoms with E-state index < -0.39 is 10.1 Å². The van der Waals surface area contributed by atoms with Crippen molar-refractivity contribution in [1.29, 1.82) is 0 Å². The van der Waals surface area contributed by atoms with Gasteiger partial charge in [-0.15, -0.1) is 0 Å². The third-order valence-corrected chi connectivity index (χ3v) is 4.79. The summed E-state index contributed by atoms with van der Waals surface area (Å²) in [5, 5.41) is 3.32. The maximum Gasteiger partial charge on any atom is 0.264 e. The molecule has 26 heavy (non-hydrogen) atoms. The van der Waals surface area contributed by atoms with Gasteiger partial charge >= 0.3 is 0 Å². The maximum atomic E-state index is 12.1. The molecule has 0 heterocycles. The van der Waals surface area contributed by atoms with Crippen LogP contribution < -0.4 is 5.32 Å². The Kier molecular flexibility index (Phi) is 7.38. The second-order valence-electron chi connectivity index (χ2n) is 5.80. The summed E-state index contributed by atoms with van der Waals surface area (Å²) in [5.41, 5.74) is 1.60. The Bertz CT molecular complexity index is 849. The highest BCUT2D eigenvalue weighted by Crippen LogP contribution is 2.23. The van der Waals surface area contributed by atoms with Crippen molar-refractivity contribution in [3.8, 4) is 0 Å². The van der Waals surface area contributed by atoms with Crippen molar-refractivity contribution in [2.75, 3.05) is 11.1 Å². The number of halogens is 1. The standard InChI is InChI=1S/C19H20ClNO4S/c20-17-9-11-18(12-10-17)21-19(22)13-8-16(7-4-14-26(23,24)25)15-5-2-1-3-6-15/h1-3,5-6,8-13,16H,4,7,14H2,(H,21,22)(H,23,24,25). The highest BCUT2D eigenvalue weighted by molar-refractivity contribution is 7.85. The smallest absolute Gasteiger partial charge is 0.264 e. The Labute approximate surface area is 158 Å². The molecule has 7 heteroatoms. The zero-order valence-electron chi connectivity index (χ0n) is 14.0. The minimum Gasteiger partial charge on any atom is -0.323 e. The van der Waals surface area contributed by atoms with Crippen molar-refractivity contribution in [3.63, 3.8) is 0 Å². The van der Waals surface area contributed by atoms with Crippen LogP contribution in [0.3, 0.4) is 0 Å². The molecule has 2 aromatic rings. The first-order chi connectivity index (χ1) is 12.3. The minimum absolute atomic E-state index is 0.131. The summed E-state index contributed by atoms with van der Waals surface area (Å²) in [6, 6.07) is 16.3. The highest BCUT2D eigenvalue weighted by atomic mass is 35.5. The van der Waals surface area contributed by atoms with Gasteiger partial charge in [0.1, 0.15) is 0 Å². The van der Waals surface area contributed by atoms with Crippen LogP contribution in [0.15, 0.2) is 66.7 Å². The van der Waals surface area contributed by atoms with Gasteiger partial charge in [-0.2, -0.15) is 8.42 Å². The molecule has 2 aromatic carbocycles. The topological polar surface area (TPSA) is 83.5 Å². The van der Waals surface area contributed by atoms with Crippen LogP contribution in [0.25, 0.3) is 0 Å². The Morgan fingerprint density at radius 2 is 1.77 bits per heavy atom. The van der Waals surface area contributed by atoms with Crippen molar-refractivity contribution >= 4 is 33.3 Å². The van der Waals surface area contributed by atoms with E-state index in [1.54, 1.807) is 30.3 Å². The first kappa shape index (κ1) is 20.2. The van der Waals surface area contributed by atoms with Crippen molar-refractivity contribution < 1.29 is 17.8 Å². The largest absolute Gasteiger partial charge is 0.323 e. The number of carbonyl (C=O) groups is 1. The molecule has 5 nitrogen and oxygen atoms in total. The van der Waals surface area contributed by atoms with E-state index >= 15 is 0 Å². The van der Waals surface area contributed by atoms with Gasteiger partial charge < -0.3 is 5.32 Å². The summed E-state index contributed by atoms with van der Waals surface area (Å²) in [6.07, 6.45) is 3.96. The lowest BCUT2D eigenvalue weighted by Gasteiger charge is -2.13. The molecule has 1 amide bonds. The normalized spacial score (nSPS) is 12.8. The van der Waals surface area contributed by atoms with Gasteiger partial charge in [0.15, 0.2) is 0 Å². The number of rotatable bonds is 8. The van der Waals surface area contributed by atoms with Gasteiger partial charge in [0.2, 0.25) is 5.91 Å². The number of carbonyl (C=O) groups excluding carboxylic acids is 1. The van der Waals surface area contributed by atoms with Crippen molar-refractivity contribution in [2.24, 2.45) is 0 Å². The lowest BCUT2D eigenvalue weighted by molar-refractivity contribution is -0.111. The molecule has 0 saturated heterocycles. The second kappa shape index (κ2) is 9.52. The highest BCUT2D eigenvalue weighted by Gasteiger charge is 2.11. The van der Waals surface area contributed by atoms with E-state index in [-0.39, 0.29) is 17.6 Å². The quantitative estimate of drug-likeness (QED) is 0.517. The van der Waals surface area contributed by atoms with Crippen LogP contribution in [0.1, 0.15) is 24.3 Å². The summed E-state index contributed by atoms with van der Waals surface area (Å²) in [4.78, 5) is 12.1. The first-order valence-electron chi connectivity index (χ1n) is 8.08. The van der Waals surface area contributed by atoms with Gasteiger partial charge in [-0.05, 0) is 48.7 Å². The van der Waals surface area contributed by atoms with Gasteiger partial charge in [-0.1, -0.05) is 48.0 Å². The van der Waals surface area contributed by atoms with E-state index in [1.165, 1.54) is 6.08 Å². The van der Waals surface area contributed by atoms with Gasteiger partial charge in [0.25, 0.3) is 10.1 Å². The van der Waals surface area contributed by atoms with E-state index in [9.17, 15) is 13.2 Å². The Morgan fingerprint density at radius 3 is 2.38 bits per heavy atom. The summed E-state index contributed by atoms with van der Waals surface area (Å²) in [7, 11) is -3.99. The molecule has 0 fully saturated rings. The molecule has 0 bridgehead atoms. The molecule has 2 N–H and O–H groups in total. The predicted molar refractivity (Wildman–Crippen MR) is 104 cm³/mol. The molecule has 2 rings (SSSR count). The fourth-order valence-electron chi connectivity index (χ4n) is 2.48. The molecule has 0 spiro atoms. The fraction of sp³-hybridized carbons (Fsp3) is 0.211. The predicted octanol–water partition coefficient (Wildman–Crippen LogP) is 4.29. The SMILES string of the molecule is O=C(C=CC(CCCS(=O)(=O)O)c1ccccc1)Nc1ccc(Cl)cc1. The fourth-order valence-corrected chi connectivity index (χ4v) is 3.14. The third kappa shape index (κ3) is 7.39. The van der Waals surface area contributed by atoms with E-state index in [1.807, 2.05) is 30.3 Å². The van der Waals surface area contributed by atoms with Crippen molar-refractivity contribution in [2.45, 2.75) is 18.8 Å². The third-order valence-electron chi connectivity index (χ3n) is 3.74. The number of benzene rings is 2. The molecular formula is C19H20ClNO4S. The van der Waals surface area contributed by atoms with Crippen LogP contribution in [0, 0.1) is 0 Å². The average molecular weight is 394 g/mol. The molecule has 138 valence electrons.